The largest absolute Gasteiger partial charge is 0.478 e. The molecular weight excluding hydrogens is 322 g/mol. The molecule has 7 nitrogen and oxygen atoms in total. The highest BCUT2D eigenvalue weighted by atomic mass is 16.5. The highest BCUT2D eigenvalue weighted by Gasteiger charge is 2.21. The number of carboxylic acids is 1. The number of rotatable bonds is 5. The highest BCUT2D eigenvalue weighted by Crippen LogP contribution is 2.32. The minimum Gasteiger partial charge on any atom is -0.478 e. The molecule has 0 aliphatic heterocycles. The van der Waals surface area contributed by atoms with E-state index in [1.165, 1.54) is 6.07 Å². The van der Waals surface area contributed by atoms with Crippen LogP contribution in [0, 0.1) is 0 Å². The van der Waals surface area contributed by atoms with Gasteiger partial charge >= 0.3 is 11.9 Å². The summed E-state index contributed by atoms with van der Waals surface area (Å²) in [5, 5.41) is 19.6. The third-order valence-electron chi connectivity index (χ3n) is 3.62. The summed E-state index contributed by atoms with van der Waals surface area (Å²) in [6, 6.07) is 13.8. The third kappa shape index (κ3) is 3.25. The van der Waals surface area contributed by atoms with E-state index in [1.54, 1.807) is 31.2 Å². The predicted molar refractivity (Wildman–Crippen MR) is 90.2 cm³/mol. The van der Waals surface area contributed by atoms with Gasteiger partial charge in [0.05, 0.1) is 12.2 Å². The van der Waals surface area contributed by atoms with Crippen LogP contribution in [-0.4, -0.2) is 39.1 Å². The van der Waals surface area contributed by atoms with Crippen LogP contribution in [0.5, 0.6) is 0 Å². The fourth-order valence-electron chi connectivity index (χ4n) is 2.52. The fraction of sp³-hybridized carbons (Fsp3) is 0.111. The number of aromatic nitrogens is 3. The zero-order valence-corrected chi connectivity index (χ0v) is 13.4. The second kappa shape index (κ2) is 6.96. The predicted octanol–water partition coefficient (Wildman–Crippen LogP) is 3.01. The van der Waals surface area contributed by atoms with Gasteiger partial charge in [-0.05, 0) is 30.2 Å². The minimum absolute atomic E-state index is 0.0867. The number of benzene rings is 2. The van der Waals surface area contributed by atoms with Crippen molar-refractivity contribution in [3.8, 4) is 22.4 Å². The van der Waals surface area contributed by atoms with Crippen molar-refractivity contribution in [1.29, 1.82) is 0 Å². The molecule has 0 radical (unpaired) electrons. The van der Waals surface area contributed by atoms with Gasteiger partial charge in [-0.3, -0.25) is 0 Å². The van der Waals surface area contributed by atoms with Crippen molar-refractivity contribution in [3.63, 3.8) is 0 Å². The number of H-pyrrole nitrogens is 1. The van der Waals surface area contributed by atoms with E-state index in [0.29, 0.717) is 16.8 Å². The normalized spacial score (nSPS) is 10.4. The number of hydrogen-bond acceptors (Lipinski definition) is 5. The van der Waals surface area contributed by atoms with Crippen LogP contribution in [0.2, 0.25) is 0 Å². The molecule has 0 saturated carbocycles. The molecule has 0 atom stereocenters. The number of ether oxygens (including phenoxy) is 1. The lowest BCUT2D eigenvalue weighted by atomic mass is 9.95. The van der Waals surface area contributed by atoms with E-state index in [0.717, 1.165) is 5.56 Å². The quantitative estimate of drug-likeness (QED) is 0.693. The van der Waals surface area contributed by atoms with Crippen LogP contribution in [0.1, 0.15) is 27.8 Å². The maximum Gasteiger partial charge on any atom is 0.361 e. The number of carboxylic acid groups (broad SMARTS) is 1. The van der Waals surface area contributed by atoms with Gasteiger partial charge in [-0.25, -0.2) is 9.59 Å². The average molecular weight is 337 g/mol. The first kappa shape index (κ1) is 16.4. The number of carbonyl (C=O) groups is 2. The van der Waals surface area contributed by atoms with Gasteiger partial charge < -0.3 is 9.84 Å². The lowest BCUT2D eigenvalue weighted by Crippen LogP contribution is -2.07. The van der Waals surface area contributed by atoms with E-state index >= 15 is 0 Å². The van der Waals surface area contributed by atoms with Crippen LogP contribution in [0.3, 0.4) is 0 Å². The Bertz CT molecular complexity index is 933. The van der Waals surface area contributed by atoms with E-state index in [9.17, 15) is 14.7 Å². The molecule has 1 aromatic heterocycles. The number of aromatic amines is 1. The van der Waals surface area contributed by atoms with Crippen molar-refractivity contribution < 1.29 is 19.4 Å². The number of nitrogens with one attached hydrogen (secondary N) is 1. The Kier molecular flexibility index (Phi) is 4.56. The second-order valence-electron chi connectivity index (χ2n) is 5.17. The second-order valence-corrected chi connectivity index (χ2v) is 5.17. The lowest BCUT2D eigenvalue weighted by Gasteiger charge is -2.09. The Morgan fingerprint density at radius 3 is 2.56 bits per heavy atom. The van der Waals surface area contributed by atoms with Gasteiger partial charge in [-0.2, -0.15) is 10.3 Å². The first-order valence-corrected chi connectivity index (χ1v) is 7.62. The first-order valence-electron chi connectivity index (χ1n) is 7.62. The summed E-state index contributed by atoms with van der Waals surface area (Å²) in [7, 11) is 0. The molecule has 7 heteroatoms. The molecule has 3 rings (SSSR count). The number of carbonyl (C=O) groups excluding carboxylic acids is 1. The molecule has 0 fully saturated rings. The van der Waals surface area contributed by atoms with Crippen LogP contribution in [0.25, 0.3) is 22.4 Å². The Morgan fingerprint density at radius 2 is 1.84 bits per heavy atom. The number of nitrogens with zero attached hydrogens (tertiary/aromatic N) is 2. The molecule has 3 aromatic rings. The van der Waals surface area contributed by atoms with Gasteiger partial charge in [0, 0.05) is 5.56 Å². The molecule has 2 aromatic carbocycles. The molecule has 0 amide bonds. The fourth-order valence-corrected chi connectivity index (χ4v) is 2.52. The Hall–Kier alpha value is -3.48. The lowest BCUT2D eigenvalue weighted by molar-refractivity contribution is 0.0520. The van der Waals surface area contributed by atoms with Crippen LogP contribution >= 0.6 is 0 Å². The molecule has 1 heterocycles. The van der Waals surface area contributed by atoms with E-state index in [-0.39, 0.29) is 17.9 Å². The van der Waals surface area contributed by atoms with Crippen LogP contribution in [0.4, 0.5) is 0 Å². The topological polar surface area (TPSA) is 105 Å². The molecule has 0 unspecified atom stereocenters. The van der Waals surface area contributed by atoms with E-state index in [2.05, 4.69) is 15.4 Å². The molecule has 126 valence electrons. The zero-order valence-electron chi connectivity index (χ0n) is 13.4. The maximum absolute atomic E-state index is 12.1. The van der Waals surface area contributed by atoms with Gasteiger partial charge in [-0.1, -0.05) is 36.4 Å². The average Bonchev–Trinajstić information content (AvgIpc) is 3.12. The van der Waals surface area contributed by atoms with Crippen LogP contribution < -0.4 is 0 Å². The van der Waals surface area contributed by atoms with Crippen molar-refractivity contribution >= 4 is 11.9 Å². The molecular formula is C18H15N3O4. The van der Waals surface area contributed by atoms with Crippen LogP contribution in [0.15, 0.2) is 48.5 Å². The third-order valence-corrected chi connectivity index (χ3v) is 3.62. The molecule has 0 spiro atoms. The maximum atomic E-state index is 12.1. The molecule has 0 bridgehead atoms. The van der Waals surface area contributed by atoms with Gasteiger partial charge in [-0.15, -0.1) is 5.10 Å². The summed E-state index contributed by atoms with van der Waals surface area (Å²) in [5.74, 6) is -1.58. The van der Waals surface area contributed by atoms with E-state index < -0.39 is 11.9 Å². The summed E-state index contributed by atoms with van der Waals surface area (Å²) in [6.45, 7) is 1.94. The summed E-state index contributed by atoms with van der Waals surface area (Å²) >= 11 is 0. The van der Waals surface area contributed by atoms with Gasteiger partial charge in [0.25, 0.3) is 0 Å². The van der Waals surface area contributed by atoms with E-state index in [4.69, 9.17) is 4.74 Å². The summed E-state index contributed by atoms with van der Waals surface area (Å²) < 4.78 is 5.01. The first-order chi connectivity index (χ1) is 12.1. The standard InChI is InChI=1S/C18H15N3O4/c1-2-25-18(24)16-15(19-21-20-16)14-9-4-3-8-13(14)11-6-5-7-12(10-11)17(22)23/h3-10H,2H2,1H3,(H,22,23)(H,19,20,21). The number of hydrogen-bond donors (Lipinski definition) is 2. The summed E-state index contributed by atoms with van der Waals surface area (Å²) in [6.07, 6.45) is 0. The van der Waals surface area contributed by atoms with Crippen molar-refractivity contribution in [2.24, 2.45) is 0 Å². The molecule has 0 aliphatic rings. The van der Waals surface area contributed by atoms with Crippen molar-refractivity contribution in [2.45, 2.75) is 6.92 Å². The van der Waals surface area contributed by atoms with Crippen molar-refractivity contribution in [1.82, 2.24) is 15.4 Å². The van der Waals surface area contributed by atoms with Crippen molar-refractivity contribution in [2.75, 3.05) is 6.61 Å². The number of esters is 1. The molecule has 2 N–H and O–H groups in total. The van der Waals surface area contributed by atoms with Gasteiger partial charge in [0.2, 0.25) is 0 Å². The number of aromatic carboxylic acids is 1. The molecule has 0 saturated heterocycles. The summed E-state index contributed by atoms with van der Waals surface area (Å²) in [5.41, 5.74) is 2.72. The molecule has 25 heavy (non-hydrogen) atoms. The Labute approximate surface area is 143 Å². The summed E-state index contributed by atoms with van der Waals surface area (Å²) in [4.78, 5) is 23.3. The highest BCUT2D eigenvalue weighted by molar-refractivity contribution is 5.97. The van der Waals surface area contributed by atoms with E-state index in [1.807, 2.05) is 18.2 Å². The smallest absolute Gasteiger partial charge is 0.361 e. The van der Waals surface area contributed by atoms with Crippen LogP contribution in [-0.2, 0) is 4.74 Å². The van der Waals surface area contributed by atoms with Gasteiger partial charge in [0.15, 0.2) is 5.69 Å². The van der Waals surface area contributed by atoms with Crippen molar-refractivity contribution in [3.05, 3.63) is 59.8 Å². The Balaban J connectivity index is 2.12. The minimum atomic E-state index is -1.01. The Morgan fingerprint density at radius 1 is 1.08 bits per heavy atom. The zero-order chi connectivity index (χ0) is 17.8. The molecule has 0 aliphatic carbocycles. The SMILES string of the molecule is CCOC(=O)c1n[nH]nc1-c1ccccc1-c1cccc(C(=O)O)c1. The monoisotopic (exact) mass is 337 g/mol. The van der Waals surface area contributed by atoms with Gasteiger partial charge in [0.1, 0.15) is 5.69 Å².